The minimum Gasteiger partial charge on any atom is -0.292 e. The summed E-state index contributed by atoms with van der Waals surface area (Å²) in [6.45, 7) is 8.04. The van der Waals surface area contributed by atoms with Crippen LogP contribution in [0.5, 0.6) is 0 Å². The summed E-state index contributed by atoms with van der Waals surface area (Å²) in [6.07, 6.45) is 0. The normalized spacial score (nSPS) is 18.3. The van der Waals surface area contributed by atoms with E-state index in [1.54, 1.807) is 6.92 Å². The average molecular weight is 531 g/mol. The molecule has 6 heteroatoms. The first kappa shape index (κ1) is 25.1. The van der Waals surface area contributed by atoms with Crippen molar-refractivity contribution in [2.24, 2.45) is 10.2 Å². The summed E-state index contributed by atoms with van der Waals surface area (Å²) in [7, 11) is 0. The summed E-state index contributed by atoms with van der Waals surface area (Å²) in [6, 6.07) is 35.4. The van der Waals surface area contributed by atoms with Crippen molar-refractivity contribution in [1.29, 1.82) is 0 Å². The van der Waals surface area contributed by atoms with E-state index in [-0.39, 0.29) is 5.78 Å². The summed E-state index contributed by atoms with van der Waals surface area (Å²) in [5, 5.41) is 14.7. The molecule has 0 amide bonds. The molecule has 0 bridgehead atoms. The third kappa shape index (κ3) is 4.25. The Morgan fingerprint density at radius 3 is 2.05 bits per heavy atom. The lowest BCUT2D eigenvalue weighted by atomic mass is 9.92. The van der Waals surface area contributed by atoms with Crippen LogP contribution in [0.3, 0.4) is 0 Å². The predicted molar refractivity (Wildman–Crippen MR) is 163 cm³/mol. The van der Waals surface area contributed by atoms with Crippen LogP contribution in [0.1, 0.15) is 54.5 Å². The quantitative estimate of drug-likeness (QED) is 0.266. The molecular weight excluding hydrogens is 500 g/mol. The molecule has 0 saturated carbocycles. The number of anilines is 2. The van der Waals surface area contributed by atoms with Crippen LogP contribution in [0.4, 0.5) is 11.4 Å². The lowest BCUT2D eigenvalue weighted by Gasteiger charge is -2.47. The maximum atomic E-state index is 12.8. The number of hydrogen-bond acceptors (Lipinski definition) is 6. The van der Waals surface area contributed by atoms with Gasteiger partial charge in [-0.25, -0.2) is 10.0 Å². The number of hydrazone groups is 2. The maximum Gasteiger partial charge on any atom is 0.234 e. The molecule has 0 radical (unpaired) electrons. The number of carbonyl (C=O) groups is 1. The predicted octanol–water partition coefficient (Wildman–Crippen LogP) is 7.66. The zero-order chi connectivity index (χ0) is 27.1. The molecule has 1 atom stereocenters. The second-order valence-corrected chi connectivity index (χ2v) is 11.4. The van der Waals surface area contributed by atoms with Crippen LogP contribution < -0.4 is 10.0 Å². The average Bonchev–Trinajstić information content (AvgIpc) is 3.36. The first-order valence-corrected chi connectivity index (χ1v) is 14.0. The standard InChI is InChI=1S/C33H30N4OS/c1-22(2)25-16-18-26(19-17-25)31-29-12-8-9-13-30(29)33(36(34-31)27-10-6-5-7-11-27)37(35-32(39-33)24(4)38)28-20-14-23(3)15-21-28/h5-22H,1-4H3. The van der Waals surface area contributed by atoms with E-state index in [1.807, 2.05) is 40.3 Å². The molecule has 4 aromatic carbocycles. The Bertz CT molecular complexity index is 1590. The largest absolute Gasteiger partial charge is 0.292 e. The van der Waals surface area contributed by atoms with Crippen LogP contribution in [0, 0.1) is 6.92 Å². The molecule has 1 unspecified atom stereocenters. The first-order chi connectivity index (χ1) is 18.9. The fourth-order valence-corrected chi connectivity index (χ4v) is 6.36. The van der Waals surface area contributed by atoms with Gasteiger partial charge < -0.3 is 0 Å². The van der Waals surface area contributed by atoms with E-state index in [1.165, 1.54) is 17.3 Å². The fourth-order valence-electron chi connectivity index (χ4n) is 5.07. The van der Waals surface area contributed by atoms with Gasteiger partial charge in [0.15, 0.2) is 10.8 Å². The Hall–Kier alpha value is -4.16. The van der Waals surface area contributed by atoms with Gasteiger partial charge in [0.05, 0.1) is 17.1 Å². The number of fused-ring (bicyclic) bond motifs is 2. The maximum absolute atomic E-state index is 12.8. The van der Waals surface area contributed by atoms with Gasteiger partial charge in [-0.05, 0) is 54.4 Å². The molecule has 2 heterocycles. The van der Waals surface area contributed by atoms with Gasteiger partial charge in [0.1, 0.15) is 0 Å². The topological polar surface area (TPSA) is 48.3 Å². The third-order valence-electron chi connectivity index (χ3n) is 7.17. The Labute approximate surface area is 233 Å². The molecule has 0 saturated heterocycles. The molecule has 0 aliphatic carbocycles. The van der Waals surface area contributed by atoms with Gasteiger partial charge >= 0.3 is 0 Å². The molecule has 39 heavy (non-hydrogen) atoms. The highest BCUT2D eigenvalue weighted by molar-refractivity contribution is 8.17. The van der Waals surface area contributed by atoms with Crippen molar-refractivity contribution in [3.63, 3.8) is 0 Å². The van der Waals surface area contributed by atoms with Gasteiger partial charge in [-0.1, -0.05) is 98.3 Å². The zero-order valence-corrected chi connectivity index (χ0v) is 23.3. The van der Waals surface area contributed by atoms with Crippen molar-refractivity contribution in [2.45, 2.75) is 38.6 Å². The minimum atomic E-state index is -0.935. The van der Waals surface area contributed by atoms with Gasteiger partial charge in [-0.3, -0.25) is 4.79 Å². The van der Waals surface area contributed by atoms with Crippen LogP contribution in [0.15, 0.2) is 113 Å². The number of benzene rings is 4. The first-order valence-electron chi connectivity index (χ1n) is 13.2. The van der Waals surface area contributed by atoms with E-state index in [2.05, 4.69) is 93.6 Å². The number of aryl methyl sites for hydroxylation is 1. The van der Waals surface area contributed by atoms with Gasteiger partial charge in [-0.2, -0.15) is 10.2 Å². The van der Waals surface area contributed by atoms with Gasteiger partial charge in [0.2, 0.25) is 4.99 Å². The Morgan fingerprint density at radius 1 is 0.769 bits per heavy atom. The summed E-state index contributed by atoms with van der Waals surface area (Å²) in [5.41, 5.74) is 8.22. The number of carbonyl (C=O) groups excluding carboxylic acids is 1. The molecule has 2 aliphatic rings. The second kappa shape index (κ2) is 9.86. The highest BCUT2D eigenvalue weighted by Crippen LogP contribution is 2.55. The zero-order valence-electron chi connectivity index (χ0n) is 22.5. The molecule has 0 aromatic heterocycles. The molecule has 2 aliphatic heterocycles. The van der Waals surface area contributed by atoms with Crippen molar-refractivity contribution < 1.29 is 4.79 Å². The Balaban J connectivity index is 1.62. The summed E-state index contributed by atoms with van der Waals surface area (Å²) in [4.78, 5) is 11.9. The molecular formula is C33H30N4OS. The number of thioether (sulfide) groups is 1. The smallest absolute Gasteiger partial charge is 0.234 e. The number of nitrogens with zero attached hydrogens (tertiary/aromatic N) is 4. The molecule has 1 spiro atoms. The van der Waals surface area contributed by atoms with Crippen LogP contribution in [-0.4, -0.2) is 16.5 Å². The highest BCUT2D eigenvalue weighted by atomic mass is 32.2. The lowest BCUT2D eigenvalue weighted by molar-refractivity contribution is -0.110. The van der Waals surface area contributed by atoms with E-state index >= 15 is 0 Å². The van der Waals surface area contributed by atoms with Crippen molar-refractivity contribution in [3.8, 4) is 0 Å². The van der Waals surface area contributed by atoms with Crippen LogP contribution in [0.2, 0.25) is 0 Å². The summed E-state index contributed by atoms with van der Waals surface area (Å²) >= 11 is 1.44. The Kier molecular flexibility index (Phi) is 6.35. The van der Waals surface area contributed by atoms with Crippen LogP contribution in [-0.2, 0) is 9.79 Å². The van der Waals surface area contributed by atoms with Gasteiger partial charge in [0, 0.05) is 23.6 Å². The number of Topliss-reactive ketones (excluding diaryl/α,β-unsaturated/α-hetero) is 1. The van der Waals surface area contributed by atoms with Crippen LogP contribution >= 0.6 is 11.8 Å². The molecule has 194 valence electrons. The van der Waals surface area contributed by atoms with Crippen molar-refractivity contribution in [1.82, 2.24) is 0 Å². The van der Waals surface area contributed by atoms with Crippen molar-refractivity contribution >= 4 is 39.7 Å². The summed E-state index contributed by atoms with van der Waals surface area (Å²) < 4.78 is 0. The van der Waals surface area contributed by atoms with E-state index in [9.17, 15) is 4.79 Å². The molecule has 0 N–H and O–H groups in total. The van der Waals surface area contributed by atoms with E-state index in [0.717, 1.165) is 39.3 Å². The van der Waals surface area contributed by atoms with E-state index in [4.69, 9.17) is 10.2 Å². The van der Waals surface area contributed by atoms with Gasteiger partial charge in [-0.15, -0.1) is 0 Å². The third-order valence-corrected chi connectivity index (χ3v) is 8.58. The molecule has 6 rings (SSSR count). The Morgan fingerprint density at radius 2 is 1.38 bits per heavy atom. The second-order valence-electron chi connectivity index (χ2n) is 10.2. The number of para-hydroxylation sites is 1. The van der Waals surface area contributed by atoms with E-state index in [0.29, 0.717) is 11.0 Å². The number of rotatable bonds is 5. The van der Waals surface area contributed by atoms with Crippen LogP contribution in [0.25, 0.3) is 0 Å². The lowest BCUT2D eigenvalue weighted by Crippen LogP contribution is -2.54. The van der Waals surface area contributed by atoms with Gasteiger partial charge in [0.25, 0.3) is 0 Å². The highest BCUT2D eigenvalue weighted by Gasteiger charge is 2.55. The number of hydrogen-bond donors (Lipinski definition) is 0. The fraction of sp³-hybridized carbons (Fsp3) is 0.182. The molecule has 0 fully saturated rings. The minimum absolute atomic E-state index is 0.0708. The van der Waals surface area contributed by atoms with Crippen molar-refractivity contribution in [3.05, 3.63) is 131 Å². The monoisotopic (exact) mass is 530 g/mol. The molecule has 4 aromatic rings. The van der Waals surface area contributed by atoms with Crippen molar-refractivity contribution in [2.75, 3.05) is 10.0 Å². The van der Waals surface area contributed by atoms with E-state index < -0.39 is 4.99 Å². The SMILES string of the molecule is CC(=O)C1=NN(c2ccc(C)cc2)C2(S1)c1ccccc1C(c1ccc(C(C)C)cc1)=NN2c1ccccc1. The number of ketones is 1. The molecule has 5 nitrogen and oxygen atoms in total. The summed E-state index contributed by atoms with van der Waals surface area (Å²) in [5.74, 6) is 0.377.